The summed E-state index contributed by atoms with van der Waals surface area (Å²) in [6, 6.07) is 8.04. The number of nitrogens with one attached hydrogen (secondary N) is 1. The van der Waals surface area contributed by atoms with Crippen molar-refractivity contribution in [3.8, 4) is 0 Å². The van der Waals surface area contributed by atoms with Gasteiger partial charge in [0.05, 0.1) is 0 Å². The Labute approximate surface area is 139 Å². The van der Waals surface area contributed by atoms with Crippen LogP contribution in [0.3, 0.4) is 0 Å². The molecular weight excluding hydrogens is 343 g/mol. The van der Waals surface area contributed by atoms with Gasteiger partial charge in [-0.3, -0.25) is 5.10 Å². The first-order valence-corrected chi connectivity index (χ1v) is 7.24. The van der Waals surface area contributed by atoms with E-state index in [1.165, 1.54) is 24.3 Å². The van der Waals surface area contributed by atoms with Crippen LogP contribution < -0.4 is 0 Å². The molecular formula is C16H11ClF3N3O. The molecule has 1 aromatic heterocycles. The van der Waals surface area contributed by atoms with Crippen LogP contribution in [0.2, 0.25) is 5.02 Å². The van der Waals surface area contributed by atoms with Crippen molar-refractivity contribution >= 4 is 11.6 Å². The van der Waals surface area contributed by atoms with Gasteiger partial charge in [-0.1, -0.05) is 23.7 Å². The van der Waals surface area contributed by atoms with Gasteiger partial charge < -0.3 is 5.11 Å². The quantitative estimate of drug-likeness (QED) is 0.752. The Hall–Kier alpha value is -2.38. The number of aromatic amines is 1. The highest BCUT2D eigenvalue weighted by molar-refractivity contribution is 6.30. The van der Waals surface area contributed by atoms with Gasteiger partial charge in [0.2, 0.25) is 0 Å². The third kappa shape index (κ3) is 2.76. The number of halogens is 4. The molecule has 8 heteroatoms. The van der Waals surface area contributed by atoms with Crippen LogP contribution in [0.5, 0.6) is 0 Å². The van der Waals surface area contributed by atoms with Gasteiger partial charge in [0.25, 0.3) is 0 Å². The normalized spacial score (nSPS) is 15.0. The minimum atomic E-state index is -2.47. The topological polar surface area (TPSA) is 61.8 Å². The largest absolute Gasteiger partial charge is 0.377 e. The molecule has 2 unspecified atom stereocenters. The van der Waals surface area contributed by atoms with E-state index < -0.39 is 29.0 Å². The van der Waals surface area contributed by atoms with Crippen molar-refractivity contribution in [1.82, 2.24) is 15.2 Å². The third-order valence-corrected chi connectivity index (χ3v) is 3.91. The molecule has 0 amide bonds. The Morgan fingerprint density at radius 2 is 1.83 bits per heavy atom. The predicted molar refractivity (Wildman–Crippen MR) is 81.0 cm³/mol. The van der Waals surface area contributed by atoms with Gasteiger partial charge >= 0.3 is 0 Å². The number of benzene rings is 2. The maximum absolute atomic E-state index is 15.1. The molecule has 2 aromatic carbocycles. The van der Waals surface area contributed by atoms with E-state index in [4.69, 9.17) is 11.6 Å². The monoisotopic (exact) mass is 353 g/mol. The lowest BCUT2D eigenvalue weighted by molar-refractivity contribution is -0.0124. The maximum atomic E-state index is 15.1. The second-order valence-electron chi connectivity index (χ2n) is 5.12. The number of alkyl halides is 1. The van der Waals surface area contributed by atoms with Crippen molar-refractivity contribution in [1.29, 1.82) is 0 Å². The van der Waals surface area contributed by atoms with Crippen molar-refractivity contribution in [2.75, 3.05) is 0 Å². The molecule has 3 rings (SSSR count). The molecule has 124 valence electrons. The lowest BCUT2D eigenvalue weighted by Gasteiger charge is -2.31. The van der Waals surface area contributed by atoms with E-state index in [2.05, 4.69) is 15.2 Å². The highest BCUT2D eigenvalue weighted by Crippen LogP contribution is 2.43. The molecule has 1 heterocycles. The van der Waals surface area contributed by atoms with E-state index in [-0.39, 0.29) is 11.4 Å². The van der Waals surface area contributed by atoms with Gasteiger partial charge in [-0.05, 0) is 29.8 Å². The van der Waals surface area contributed by atoms with Gasteiger partial charge in [-0.15, -0.1) is 0 Å². The van der Waals surface area contributed by atoms with Crippen LogP contribution in [0.1, 0.15) is 23.1 Å². The molecule has 0 fully saturated rings. The molecule has 3 aromatic rings. The first kappa shape index (κ1) is 16.5. The first-order valence-electron chi connectivity index (χ1n) is 6.86. The lowest BCUT2D eigenvalue weighted by atomic mass is 9.81. The molecule has 0 radical (unpaired) electrons. The number of rotatable bonds is 4. The fourth-order valence-electron chi connectivity index (χ4n) is 2.47. The summed E-state index contributed by atoms with van der Waals surface area (Å²) in [5.41, 5.74) is -2.89. The smallest absolute Gasteiger partial charge is 0.198 e. The highest BCUT2D eigenvalue weighted by atomic mass is 35.5. The summed E-state index contributed by atoms with van der Waals surface area (Å²) < 4.78 is 42.6. The van der Waals surface area contributed by atoms with Crippen LogP contribution in [0, 0.1) is 11.6 Å². The summed E-state index contributed by atoms with van der Waals surface area (Å²) in [5.74, 6) is -2.30. The average molecular weight is 354 g/mol. The summed E-state index contributed by atoms with van der Waals surface area (Å²) in [6.07, 6.45) is -1.07. The maximum Gasteiger partial charge on any atom is 0.198 e. The Kier molecular flexibility index (Phi) is 4.29. The molecule has 0 spiro atoms. The molecule has 0 aliphatic rings. The molecule has 0 aliphatic carbocycles. The first-order chi connectivity index (χ1) is 11.4. The van der Waals surface area contributed by atoms with Crippen molar-refractivity contribution in [2.45, 2.75) is 11.8 Å². The molecule has 0 aliphatic heterocycles. The number of aromatic nitrogens is 3. The fraction of sp³-hybridized carbons (Fsp3) is 0.125. The minimum absolute atomic E-state index is 0.0229. The molecule has 2 N–H and O–H groups in total. The van der Waals surface area contributed by atoms with E-state index in [1.807, 2.05) is 0 Å². The zero-order chi connectivity index (χ0) is 17.3. The van der Waals surface area contributed by atoms with Crippen LogP contribution >= 0.6 is 11.6 Å². The zero-order valence-electron chi connectivity index (χ0n) is 12.0. The van der Waals surface area contributed by atoms with Gasteiger partial charge in [0.1, 0.15) is 18.0 Å². The van der Waals surface area contributed by atoms with E-state index >= 15 is 4.39 Å². The number of hydrogen-bond acceptors (Lipinski definition) is 3. The van der Waals surface area contributed by atoms with Crippen molar-refractivity contribution in [3.05, 3.63) is 82.4 Å². The van der Waals surface area contributed by atoms with E-state index in [1.54, 1.807) is 0 Å². The lowest BCUT2D eigenvalue weighted by Crippen LogP contribution is -2.34. The molecule has 24 heavy (non-hydrogen) atoms. The van der Waals surface area contributed by atoms with Crippen LogP contribution in [-0.4, -0.2) is 20.3 Å². The molecule has 0 saturated heterocycles. The van der Waals surface area contributed by atoms with Crippen LogP contribution in [-0.2, 0) is 5.60 Å². The fourth-order valence-corrected chi connectivity index (χ4v) is 2.59. The Morgan fingerprint density at radius 1 is 1.12 bits per heavy atom. The number of H-pyrrole nitrogens is 1. The van der Waals surface area contributed by atoms with Crippen molar-refractivity contribution in [2.24, 2.45) is 0 Å². The van der Waals surface area contributed by atoms with Crippen LogP contribution in [0.4, 0.5) is 13.2 Å². The average Bonchev–Trinajstić information content (AvgIpc) is 3.08. The summed E-state index contributed by atoms with van der Waals surface area (Å²) in [7, 11) is 0. The van der Waals surface area contributed by atoms with Crippen LogP contribution in [0.25, 0.3) is 0 Å². The summed E-state index contributed by atoms with van der Waals surface area (Å²) in [5, 5.41) is 17.4. The SMILES string of the molecule is OC(c1ccc(Cl)cc1)(c1ccc(F)cc1F)C(F)c1nc[nH]n1. The number of nitrogens with zero attached hydrogens (tertiary/aromatic N) is 2. The van der Waals surface area contributed by atoms with Gasteiger partial charge in [0.15, 0.2) is 17.6 Å². The summed E-state index contributed by atoms with van der Waals surface area (Å²) >= 11 is 5.81. The minimum Gasteiger partial charge on any atom is -0.377 e. The number of aliphatic hydroxyl groups is 1. The van der Waals surface area contributed by atoms with Crippen molar-refractivity contribution in [3.63, 3.8) is 0 Å². The van der Waals surface area contributed by atoms with E-state index in [0.717, 1.165) is 18.5 Å². The third-order valence-electron chi connectivity index (χ3n) is 3.65. The summed E-state index contributed by atoms with van der Waals surface area (Å²) in [4.78, 5) is 3.67. The Bertz CT molecular complexity index is 842. The molecule has 4 nitrogen and oxygen atoms in total. The Morgan fingerprint density at radius 3 is 2.42 bits per heavy atom. The van der Waals surface area contributed by atoms with Gasteiger partial charge in [-0.25, -0.2) is 18.2 Å². The zero-order valence-corrected chi connectivity index (χ0v) is 12.8. The second-order valence-corrected chi connectivity index (χ2v) is 5.55. The van der Waals surface area contributed by atoms with Gasteiger partial charge in [0, 0.05) is 16.7 Å². The molecule has 0 bridgehead atoms. The van der Waals surface area contributed by atoms with Gasteiger partial charge in [-0.2, -0.15) is 5.10 Å². The summed E-state index contributed by atoms with van der Waals surface area (Å²) in [6.45, 7) is 0. The van der Waals surface area contributed by atoms with Crippen LogP contribution in [0.15, 0.2) is 48.8 Å². The standard InChI is InChI=1S/C16H11ClF3N3O/c17-10-3-1-9(2-4-10)16(24,14(20)15-21-8-22-23-15)12-6-5-11(18)7-13(12)19/h1-8,14,24H,(H,21,22,23). The highest BCUT2D eigenvalue weighted by Gasteiger charge is 2.45. The van der Waals surface area contributed by atoms with E-state index in [0.29, 0.717) is 11.1 Å². The molecule has 2 atom stereocenters. The molecule has 0 saturated carbocycles. The second kappa shape index (κ2) is 6.26. The number of hydrogen-bond donors (Lipinski definition) is 2. The van der Waals surface area contributed by atoms with E-state index in [9.17, 15) is 13.9 Å². The Balaban J connectivity index is 2.22. The van der Waals surface area contributed by atoms with Crippen molar-refractivity contribution < 1.29 is 18.3 Å². The predicted octanol–water partition coefficient (Wildman–Crippen LogP) is 3.68.